The van der Waals surface area contributed by atoms with Crippen LogP contribution in [0.1, 0.15) is 24.3 Å². The molecule has 0 amide bonds. The van der Waals surface area contributed by atoms with Crippen molar-refractivity contribution < 1.29 is 8.81 Å². The summed E-state index contributed by atoms with van der Waals surface area (Å²) in [6.07, 6.45) is 0. The topological polar surface area (TPSA) is 25.2 Å². The molecule has 1 heterocycles. The fourth-order valence-corrected chi connectivity index (χ4v) is 2.82. The first kappa shape index (κ1) is 14.3. The summed E-state index contributed by atoms with van der Waals surface area (Å²) in [5.41, 5.74) is 1.82. The van der Waals surface area contributed by atoms with E-state index in [0.29, 0.717) is 4.47 Å². The van der Waals surface area contributed by atoms with E-state index in [4.69, 9.17) is 4.42 Å². The van der Waals surface area contributed by atoms with Crippen LogP contribution < -0.4 is 5.32 Å². The van der Waals surface area contributed by atoms with Crippen molar-refractivity contribution in [2.24, 2.45) is 0 Å². The first-order valence-electron chi connectivity index (χ1n) is 6.86. The van der Waals surface area contributed by atoms with E-state index in [1.165, 1.54) is 6.07 Å². The van der Waals surface area contributed by atoms with E-state index >= 15 is 0 Å². The van der Waals surface area contributed by atoms with Crippen molar-refractivity contribution in [2.45, 2.75) is 13.0 Å². The summed E-state index contributed by atoms with van der Waals surface area (Å²) < 4.78 is 19.8. The minimum absolute atomic E-state index is 0.0979. The van der Waals surface area contributed by atoms with Gasteiger partial charge >= 0.3 is 0 Å². The summed E-state index contributed by atoms with van der Waals surface area (Å²) in [6, 6.07) is 14.9. The Morgan fingerprint density at radius 2 is 2.00 bits per heavy atom. The molecule has 1 aromatic heterocycles. The molecule has 0 aliphatic carbocycles. The van der Waals surface area contributed by atoms with Gasteiger partial charge in [0.15, 0.2) is 0 Å². The first-order chi connectivity index (χ1) is 10.2. The van der Waals surface area contributed by atoms with Crippen molar-refractivity contribution in [1.82, 2.24) is 5.32 Å². The highest BCUT2D eigenvalue weighted by Crippen LogP contribution is 2.30. The third-order valence-corrected chi connectivity index (χ3v) is 4.02. The quantitative estimate of drug-likeness (QED) is 0.715. The van der Waals surface area contributed by atoms with Gasteiger partial charge in [0.05, 0.1) is 10.5 Å². The molecule has 0 saturated heterocycles. The number of halogens is 2. The van der Waals surface area contributed by atoms with Gasteiger partial charge in [-0.3, -0.25) is 0 Å². The van der Waals surface area contributed by atoms with Crippen LogP contribution in [0.15, 0.2) is 57.4 Å². The number of hydrogen-bond acceptors (Lipinski definition) is 2. The summed E-state index contributed by atoms with van der Waals surface area (Å²) >= 11 is 3.24. The lowest BCUT2D eigenvalue weighted by Gasteiger charge is -2.16. The average molecular weight is 348 g/mol. The third kappa shape index (κ3) is 2.87. The van der Waals surface area contributed by atoms with Crippen molar-refractivity contribution >= 4 is 26.9 Å². The third-order valence-electron chi connectivity index (χ3n) is 3.41. The van der Waals surface area contributed by atoms with Crippen LogP contribution >= 0.6 is 15.9 Å². The maximum absolute atomic E-state index is 13.4. The number of nitrogens with one attached hydrogen (secondary N) is 1. The highest BCUT2D eigenvalue weighted by Gasteiger charge is 2.18. The van der Waals surface area contributed by atoms with Crippen molar-refractivity contribution in [2.75, 3.05) is 6.54 Å². The van der Waals surface area contributed by atoms with Crippen LogP contribution in [-0.4, -0.2) is 6.54 Å². The van der Waals surface area contributed by atoms with Gasteiger partial charge in [-0.2, -0.15) is 0 Å². The molecule has 0 fully saturated rings. The molecular weight excluding hydrogens is 333 g/mol. The van der Waals surface area contributed by atoms with Crippen LogP contribution in [0.3, 0.4) is 0 Å². The number of furan rings is 1. The molecule has 0 spiro atoms. The van der Waals surface area contributed by atoms with Gasteiger partial charge in [-0.25, -0.2) is 4.39 Å². The van der Waals surface area contributed by atoms with Crippen LogP contribution in [0.25, 0.3) is 11.0 Å². The number of benzene rings is 2. The van der Waals surface area contributed by atoms with Crippen molar-refractivity contribution in [3.63, 3.8) is 0 Å². The molecule has 1 unspecified atom stereocenters. The summed E-state index contributed by atoms with van der Waals surface area (Å²) in [7, 11) is 0. The highest BCUT2D eigenvalue weighted by atomic mass is 79.9. The van der Waals surface area contributed by atoms with Gasteiger partial charge < -0.3 is 9.73 Å². The van der Waals surface area contributed by atoms with E-state index in [1.807, 2.05) is 37.3 Å². The number of rotatable bonds is 4. The Balaban J connectivity index is 2.05. The lowest BCUT2D eigenvalue weighted by Crippen LogP contribution is -2.21. The SMILES string of the molecule is CCNC(c1ccc(F)c(Br)c1)c1cc2ccccc2o1. The normalized spacial score (nSPS) is 12.7. The Bertz CT molecular complexity index is 735. The predicted molar refractivity (Wildman–Crippen MR) is 85.8 cm³/mol. The van der Waals surface area contributed by atoms with E-state index < -0.39 is 0 Å². The van der Waals surface area contributed by atoms with Gasteiger partial charge in [0.2, 0.25) is 0 Å². The lowest BCUT2D eigenvalue weighted by molar-refractivity contribution is 0.476. The average Bonchev–Trinajstić information content (AvgIpc) is 2.91. The van der Waals surface area contributed by atoms with Crippen molar-refractivity contribution in [1.29, 1.82) is 0 Å². The largest absolute Gasteiger partial charge is 0.459 e. The molecule has 2 nitrogen and oxygen atoms in total. The molecule has 0 aliphatic heterocycles. The maximum Gasteiger partial charge on any atom is 0.137 e. The molecule has 3 rings (SSSR count). The van der Waals surface area contributed by atoms with Crippen LogP contribution in [0.2, 0.25) is 0 Å². The lowest BCUT2D eigenvalue weighted by atomic mass is 10.0. The van der Waals surface area contributed by atoms with E-state index in [-0.39, 0.29) is 11.9 Å². The number of para-hydroxylation sites is 1. The zero-order valence-corrected chi connectivity index (χ0v) is 13.2. The second kappa shape index (κ2) is 6.00. The van der Waals surface area contributed by atoms with Crippen molar-refractivity contribution in [3.05, 3.63) is 70.1 Å². The first-order valence-corrected chi connectivity index (χ1v) is 7.65. The second-order valence-corrected chi connectivity index (χ2v) is 5.71. The van der Waals surface area contributed by atoms with Crippen molar-refractivity contribution in [3.8, 4) is 0 Å². The Morgan fingerprint density at radius 3 is 2.71 bits per heavy atom. The summed E-state index contributed by atoms with van der Waals surface area (Å²) in [5.74, 6) is 0.565. The fourth-order valence-electron chi connectivity index (χ4n) is 2.42. The number of fused-ring (bicyclic) bond motifs is 1. The molecule has 0 aliphatic rings. The molecule has 1 N–H and O–H groups in total. The standard InChI is InChI=1S/C17H15BrFNO/c1-2-20-17(12-7-8-14(19)13(18)9-12)16-10-11-5-3-4-6-15(11)21-16/h3-10,17,20H,2H2,1H3. The van der Waals surface area contributed by atoms with E-state index in [1.54, 1.807) is 12.1 Å². The Labute approximate surface area is 131 Å². The van der Waals surface area contributed by atoms with E-state index in [0.717, 1.165) is 28.8 Å². The maximum atomic E-state index is 13.4. The van der Waals surface area contributed by atoms with Gasteiger partial charge in [0.25, 0.3) is 0 Å². The molecule has 108 valence electrons. The molecule has 1 atom stereocenters. The molecule has 21 heavy (non-hydrogen) atoms. The zero-order valence-electron chi connectivity index (χ0n) is 11.6. The van der Waals surface area contributed by atoms with E-state index in [9.17, 15) is 4.39 Å². The Kier molecular flexibility index (Phi) is 4.08. The fraction of sp³-hybridized carbons (Fsp3) is 0.176. The summed E-state index contributed by atoms with van der Waals surface area (Å²) in [4.78, 5) is 0. The molecule has 0 saturated carbocycles. The van der Waals surface area contributed by atoms with Gasteiger partial charge in [-0.15, -0.1) is 0 Å². The zero-order chi connectivity index (χ0) is 14.8. The van der Waals surface area contributed by atoms with Crippen LogP contribution in [-0.2, 0) is 0 Å². The van der Waals surface area contributed by atoms with E-state index in [2.05, 4.69) is 21.2 Å². The van der Waals surface area contributed by atoms with Gasteiger partial charge in [-0.05, 0) is 52.3 Å². The highest BCUT2D eigenvalue weighted by molar-refractivity contribution is 9.10. The minimum atomic E-state index is -0.265. The number of hydrogen-bond donors (Lipinski definition) is 1. The van der Waals surface area contributed by atoms with Gasteiger partial charge in [0, 0.05) is 5.39 Å². The van der Waals surface area contributed by atoms with Crippen LogP contribution in [0.5, 0.6) is 0 Å². The monoisotopic (exact) mass is 347 g/mol. The summed E-state index contributed by atoms with van der Waals surface area (Å²) in [5, 5.41) is 4.45. The molecule has 4 heteroatoms. The molecule has 0 radical (unpaired) electrons. The van der Waals surface area contributed by atoms with Gasteiger partial charge in [-0.1, -0.05) is 31.2 Å². The molecular formula is C17H15BrFNO. The smallest absolute Gasteiger partial charge is 0.137 e. The minimum Gasteiger partial charge on any atom is -0.459 e. The van der Waals surface area contributed by atoms with Crippen LogP contribution in [0.4, 0.5) is 4.39 Å². The second-order valence-electron chi connectivity index (χ2n) is 4.85. The molecule has 0 bridgehead atoms. The molecule has 3 aromatic rings. The Morgan fingerprint density at radius 1 is 1.19 bits per heavy atom. The Hall–Kier alpha value is -1.65. The summed E-state index contributed by atoms with van der Waals surface area (Å²) in [6.45, 7) is 2.82. The van der Waals surface area contributed by atoms with Crippen LogP contribution in [0, 0.1) is 5.82 Å². The van der Waals surface area contributed by atoms with Gasteiger partial charge in [0.1, 0.15) is 17.2 Å². The molecule has 2 aromatic carbocycles. The predicted octanol–water partition coefficient (Wildman–Crippen LogP) is 5.03.